The van der Waals surface area contributed by atoms with E-state index >= 15 is 0 Å². The van der Waals surface area contributed by atoms with Gasteiger partial charge in [-0.15, -0.1) is 0 Å². The summed E-state index contributed by atoms with van der Waals surface area (Å²) in [6.45, 7) is 2.33. The Hall–Kier alpha value is -0.640. The third kappa shape index (κ3) is 3.33. The first-order valence-corrected chi connectivity index (χ1v) is 7.80. The SMILES string of the molecule is CNC(Cc1ccncc1Cl)C1(OC)CCC(C)CC1. The van der Waals surface area contributed by atoms with Crippen molar-refractivity contribution in [2.45, 2.75) is 50.7 Å². The van der Waals surface area contributed by atoms with E-state index in [1.807, 2.05) is 20.2 Å². The van der Waals surface area contributed by atoms with Crippen molar-refractivity contribution in [3.05, 3.63) is 29.0 Å². The minimum absolute atomic E-state index is 0.0755. The van der Waals surface area contributed by atoms with Gasteiger partial charge in [-0.3, -0.25) is 4.98 Å². The molecule has 1 N–H and O–H groups in total. The van der Waals surface area contributed by atoms with E-state index in [0.29, 0.717) is 0 Å². The first-order chi connectivity index (χ1) is 9.61. The van der Waals surface area contributed by atoms with Crippen molar-refractivity contribution in [2.75, 3.05) is 14.2 Å². The van der Waals surface area contributed by atoms with Gasteiger partial charge in [0.25, 0.3) is 0 Å². The molecular formula is C16H25ClN2O. The Kier molecular flexibility index (Phi) is 5.42. The third-order valence-corrected chi connectivity index (χ3v) is 5.13. The summed E-state index contributed by atoms with van der Waals surface area (Å²) >= 11 is 6.24. The van der Waals surface area contributed by atoms with Crippen molar-refractivity contribution >= 4 is 11.6 Å². The summed E-state index contributed by atoms with van der Waals surface area (Å²) in [6, 6.07) is 2.28. The molecule has 1 heterocycles. The molecule has 0 amide bonds. The number of nitrogens with one attached hydrogen (secondary N) is 1. The maximum absolute atomic E-state index is 6.24. The third-order valence-electron chi connectivity index (χ3n) is 4.79. The second-order valence-corrected chi connectivity index (χ2v) is 6.37. The molecule has 112 valence electrons. The zero-order valence-electron chi connectivity index (χ0n) is 12.7. The molecule has 1 aliphatic rings. The molecule has 4 heteroatoms. The van der Waals surface area contributed by atoms with Crippen molar-refractivity contribution in [1.29, 1.82) is 0 Å². The highest BCUT2D eigenvalue weighted by Crippen LogP contribution is 2.38. The fourth-order valence-electron chi connectivity index (χ4n) is 3.29. The summed E-state index contributed by atoms with van der Waals surface area (Å²) in [7, 11) is 3.85. The molecule has 1 aliphatic carbocycles. The Bertz CT molecular complexity index is 430. The van der Waals surface area contributed by atoms with Crippen LogP contribution in [0.1, 0.15) is 38.2 Å². The van der Waals surface area contributed by atoms with Gasteiger partial charge < -0.3 is 10.1 Å². The first-order valence-electron chi connectivity index (χ1n) is 7.42. The van der Waals surface area contributed by atoms with Crippen LogP contribution in [0.5, 0.6) is 0 Å². The zero-order valence-corrected chi connectivity index (χ0v) is 13.4. The molecule has 1 aromatic rings. The number of rotatable bonds is 5. The number of hydrogen-bond acceptors (Lipinski definition) is 3. The van der Waals surface area contributed by atoms with Crippen LogP contribution in [0.2, 0.25) is 5.02 Å². The predicted octanol–water partition coefficient (Wildman–Crippen LogP) is 3.46. The lowest BCUT2D eigenvalue weighted by molar-refractivity contribution is -0.0730. The van der Waals surface area contributed by atoms with E-state index < -0.39 is 0 Å². The highest BCUT2D eigenvalue weighted by atomic mass is 35.5. The van der Waals surface area contributed by atoms with Crippen LogP contribution in [0.15, 0.2) is 18.5 Å². The molecule has 0 bridgehead atoms. The quantitative estimate of drug-likeness (QED) is 0.903. The summed E-state index contributed by atoms with van der Waals surface area (Å²) in [5, 5.41) is 4.19. The Morgan fingerprint density at radius 1 is 1.50 bits per heavy atom. The number of nitrogens with zero attached hydrogens (tertiary/aromatic N) is 1. The van der Waals surface area contributed by atoms with Gasteiger partial charge in [-0.1, -0.05) is 18.5 Å². The van der Waals surface area contributed by atoms with E-state index in [2.05, 4.69) is 17.2 Å². The lowest BCUT2D eigenvalue weighted by Crippen LogP contribution is -2.54. The fourth-order valence-corrected chi connectivity index (χ4v) is 3.48. The normalized spacial score (nSPS) is 28.3. The van der Waals surface area contributed by atoms with Gasteiger partial charge in [-0.05, 0) is 56.7 Å². The van der Waals surface area contributed by atoms with Gasteiger partial charge in [0.1, 0.15) is 0 Å². The lowest BCUT2D eigenvalue weighted by Gasteiger charge is -2.44. The van der Waals surface area contributed by atoms with Crippen LogP contribution in [-0.2, 0) is 11.2 Å². The number of halogens is 1. The van der Waals surface area contributed by atoms with Gasteiger partial charge in [0, 0.05) is 25.5 Å². The number of aromatic nitrogens is 1. The minimum atomic E-state index is -0.0755. The summed E-state index contributed by atoms with van der Waals surface area (Å²) in [4.78, 5) is 4.05. The molecule has 1 unspecified atom stereocenters. The smallest absolute Gasteiger partial charge is 0.0834 e. The fraction of sp³-hybridized carbons (Fsp3) is 0.688. The Morgan fingerprint density at radius 2 is 2.20 bits per heavy atom. The lowest BCUT2D eigenvalue weighted by atomic mass is 9.74. The molecule has 0 aromatic carbocycles. The van der Waals surface area contributed by atoms with Crippen molar-refractivity contribution < 1.29 is 4.74 Å². The second kappa shape index (κ2) is 6.88. The molecule has 3 nitrogen and oxygen atoms in total. The first kappa shape index (κ1) is 15.7. The van der Waals surface area contributed by atoms with Crippen molar-refractivity contribution in [3.8, 4) is 0 Å². The summed E-state index contributed by atoms with van der Waals surface area (Å²) in [5.74, 6) is 0.806. The van der Waals surface area contributed by atoms with E-state index in [4.69, 9.17) is 16.3 Å². The van der Waals surface area contributed by atoms with E-state index in [0.717, 1.165) is 35.8 Å². The zero-order chi connectivity index (χ0) is 14.6. The van der Waals surface area contributed by atoms with Crippen LogP contribution in [0.4, 0.5) is 0 Å². The van der Waals surface area contributed by atoms with Crippen LogP contribution < -0.4 is 5.32 Å². The molecular weight excluding hydrogens is 272 g/mol. The molecule has 0 spiro atoms. The van der Waals surface area contributed by atoms with E-state index in [9.17, 15) is 0 Å². The predicted molar refractivity (Wildman–Crippen MR) is 83.2 cm³/mol. The molecule has 2 rings (SSSR count). The van der Waals surface area contributed by atoms with Gasteiger partial charge >= 0.3 is 0 Å². The second-order valence-electron chi connectivity index (χ2n) is 5.96. The molecule has 0 aliphatic heterocycles. The van der Waals surface area contributed by atoms with Crippen LogP contribution in [0.25, 0.3) is 0 Å². The Balaban J connectivity index is 2.16. The molecule has 0 radical (unpaired) electrons. The van der Waals surface area contributed by atoms with Gasteiger partial charge in [0.2, 0.25) is 0 Å². The highest BCUT2D eigenvalue weighted by Gasteiger charge is 2.40. The van der Waals surface area contributed by atoms with Crippen molar-refractivity contribution in [3.63, 3.8) is 0 Å². The van der Waals surface area contributed by atoms with Crippen LogP contribution in [0, 0.1) is 5.92 Å². The summed E-state index contributed by atoms with van der Waals surface area (Å²) in [5.41, 5.74) is 1.06. The average Bonchev–Trinajstić information content (AvgIpc) is 2.48. The van der Waals surface area contributed by atoms with Gasteiger partial charge in [-0.25, -0.2) is 0 Å². The van der Waals surface area contributed by atoms with Gasteiger partial charge in [-0.2, -0.15) is 0 Å². The number of ether oxygens (including phenoxy) is 1. The van der Waals surface area contributed by atoms with Gasteiger partial charge in [0.15, 0.2) is 0 Å². The monoisotopic (exact) mass is 296 g/mol. The van der Waals surface area contributed by atoms with Crippen molar-refractivity contribution in [2.24, 2.45) is 5.92 Å². The molecule has 1 saturated carbocycles. The largest absolute Gasteiger partial charge is 0.377 e. The van der Waals surface area contributed by atoms with E-state index in [1.165, 1.54) is 12.8 Å². The number of likely N-dealkylation sites (N-methyl/N-ethyl adjacent to an activating group) is 1. The van der Waals surface area contributed by atoms with Crippen LogP contribution in [-0.4, -0.2) is 30.8 Å². The maximum atomic E-state index is 6.24. The Morgan fingerprint density at radius 3 is 2.75 bits per heavy atom. The Labute approximate surface area is 127 Å². The summed E-state index contributed by atoms with van der Waals surface area (Å²) in [6.07, 6.45) is 9.08. The summed E-state index contributed by atoms with van der Waals surface area (Å²) < 4.78 is 5.97. The molecule has 1 aromatic heterocycles. The molecule has 0 saturated heterocycles. The highest BCUT2D eigenvalue weighted by molar-refractivity contribution is 6.31. The standard InChI is InChI=1S/C16H25ClN2O/c1-12-4-7-16(20-3,8-5-12)15(18-2)10-13-6-9-19-11-14(13)17/h6,9,11-12,15,18H,4-5,7-8,10H2,1-3H3. The van der Waals surface area contributed by atoms with Crippen LogP contribution >= 0.6 is 11.6 Å². The molecule has 1 fully saturated rings. The average molecular weight is 297 g/mol. The minimum Gasteiger partial charge on any atom is -0.377 e. The van der Waals surface area contributed by atoms with Crippen LogP contribution in [0.3, 0.4) is 0 Å². The van der Waals surface area contributed by atoms with Crippen molar-refractivity contribution in [1.82, 2.24) is 10.3 Å². The molecule has 1 atom stereocenters. The van der Waals surface area contributed by atoms with E-state index in [1.54, 1.807) is 12.4 Å². The molecule has 20 heavy (non-hydrogen) atoms. The van der Waals surface area contributed by atoms with E-state index in [-0.39, 0.29) is 11.6 Å². The maximum Gasteiger partial charge on any atom is 0.0834 e. The number of methoxy groups -OCH3 is 1. The number of pyridine rings is 1. The number of hydrogen-bond donors (Lipinski definition) is 1. The van der Waals surface area contributed by atoms with Gasteiger partial charge in [0.05, 0.1) is 10.6 Å². The topological polar surface area (TPSA) is 34.2 Å².